The summed E-state index contributed by atoms with van der Waals surface area (Å²) >= 11 is 0. The molecule has 0 saturated carbocycles. The minimum absolute atomic E-state index is 0.202. The number of nitrogens with one attached hydrogen (secondary N) is 2. The smallest absolute Gasteiger partial charge is 0.256 e. The Labute approximate surface area is 167 Å². The Bertz CT molecular complexity index is 1150. The summed E-state index contributed by atoms with van der Waals surface area (Å²) in [4.78, 5) is 24.0. The van der Waals surface area contributed by atoms with Crippen molar-refractivity contribution in [1.82, 2.24) is 29.5 Å². The number of aromatic amines is 1. The Kier molecular flexibility index (Phi) is 4.33. The molecule has 3 aromatic heterocycles. The summed E-state index contributed by atoms with van der Waals surface area (Å²) in [6.45, 7) is 1.09. The molecule has 0 bridgehead atoms. The Morgan fingerprint density at radius 1 is 1.17 bits per heavy atom. The Morgan fingerprint density at radius 3 is 2.76 bits per heavy atom. The molecule has 5 rings (SSSR count). The van der Waals surface area contributed by atoms with Crippen LogP contribution < -0.4 is 5.32 Å². The summed E-state index contributed by atoms with van der Waals surface area (Å²) in [7, 11) is 2.13. The third-order valence-electron chi connectivity index (χ3n) is 5.44. The molecule has 0 unspecified atom stereocenters. The quantitative estimate of drug-likeness (QED) is 0.561. The van der Waals surface area contributed by atoms with E-state index in [1.165, 1.54) is 6.42 Å². The van der Waals surface area contributed by atoms with Crippen LogP contribution in [0.25, 0.3) is 16.8 Å². The summed E-state index contributed by atoms with van der Waals surface area (Å²) in [5.41, 5.74) is 4.37. The number of amides is 1. The molecule has 0 aliphatic carbocycles. The first-order valence-corrected chi connectivity index (χ1v) is 9.63. The van der Waals surface area contributed by atoms with Crippen molar-refractivity contribution in [3.8, 4) is 11.1 Å². The predicted molar refractivity (Wildman–Crippen MR) is 110 cm³/mol. The Hall–Kier alpha value is -3.52. The number of aromatic nitrogens is 5. The highest BCUT2D eigenvalue weighted by molar-refractivity contribution is 6.04. The van der Waals surface area contributed by atoms with E-state index < -0.39 is 0 Å². The monoisotopic (exact) mass is 387 g/mol. The molecule has 29 heavy (non-hydrogen) atoms. The van der Waals surface area contributed by atoms with Gasteiger partial charge < -0.3 is 9.72 Å². The minimum Gasteiger partial charge on any atom is -0.305 e. The zero-order chi connectivity index (χ0) is 19.8. The van der Waals surface area contributed by atoms with Crippen LogP contribution in [0.2, 0.25) is 0 Å². The fraction of sp³-hybridized carbons (Fsp3) is 0.238. The first-order valence-electron chi connectivity index (χ1n) is 9.63. The molecular weight excluding hydrogens is 366 g/mol. The fourth-order valence-corrected chi connectivity index (χ4v) is 3.84. The van der Waals surface area contributed by atoms with Crippen molar-refractivity contribution >= 4 is 17.4 Å². The normalized spacial score (nSPS) is 17.1. The van der Waals surface area contributed by atoms with E-state index in [2.05, 4.69) is 32.4 Å². The number of imidazole rings is 1. The van der Waals surface area contributed by atoms with Gasteiger partial charge >= 0.3 is 0 Å². The number of benzene rings is 1. The number of H-pyrrole nitrogens is 1. The van der Waals surface area contributed by atoms with E-state index in [9.17, 15) is 4.79 Å². The number of nitrogens with zero attached hydrogens (tertiary/aromatic N) is 5. The number of fused-ring (bicyclic) bond motifs is 1. The lowest BCUT2D eigenvalue weighted by atomic mass is 10.1. The zero-order valence-corrected chi connectivity index (χ0v) is 16.0. The van der Waals surface area contributed by atoms with Gasteiger partial charge in [-0.15, -0.1) is 0 Å². The highest BCUT2D eigenvalue weighted by Crippen LogP contribution is 2.29. The predicted octanol–water partition coefficient (Wildman–Crippen LogP) is 3.14. The number of carbonyl (C=O) groups is 1. The van der Waals surface area contributed by atoms with Crippen molar-refractivity contribution in [1.29, 1.82) is 0 Å². The molecule has 8 heteroatoms. The van der Waals surface area contributed by atoms with Crippen LogP contribution in [0, 0.1) is 0 Å². The number of likely N-dealkylation sites (tertiary alicyclic amines) is 1. The summed E-state index contributed by atoms with van der Waals surface area (Å²) in [6.07, 6.45) is 11.4. The molecule has 0 spiro atoms. The fourth-order valence-electron chi connectivity index (χ4n) is 3.84. The van der Waals surface area contributed by atoms with Crippen LogP contribution in [0.4, 0.5) is 5.82 Å². The van der Waals surface area contributed by atoms with Gasteiger partial charge in [-0.2, -0.15) is 5.10 Å². The van der Waals surface area contributed by atoms with Crippen molar-refractivity contribution in [3.63, 3.8) is 0 Å². The average Bonchev–Trinajstić information content (AvgIpc) is 3.48. The van der Waals surface area contributed by atoms with Gasteiger partial charge in [-0.05, 0) is 44.1 Å². The van der Waals surface area contributed by atoms with Gasteiger partial charge in [-0.3, -0.25) is 14.8 Å². The molecule has 1 aromatic carbocycles. The van der Waals surface area contributed by atoms with Crippen molar-refractivity contribution in [2.75, 3.05) is 18.9 Å². The van der Waals surface area contributed by atoms with E-state index in [0.717, 1.165) is 35.4 Å². The van der Waals surface area contributed by atoms with Crippen LogP contribution >= 0.6 is 0 Å². The molecule has 1 atom stereocenters. The molecule has 4 aromatic rings. The molecule has 146 valence electrons. The largest absolute Gasteiger partial charge is 0.305 e. The molecule has 1 saturated heterocycles. The maximum Gasteiger partial charge on any atom is 0.256 e. The minimum atomic E-state index is -0.202. The molecular formula is C21H21N7O. The van der Waals surface area contributed by atoms with Gasteiger partial charge in [0, 0.05) is 23.5 Å². The number of hydrogen-bond donors (Lipinski definition) is 2. The zero-order valence-electron chi connectivity index (χ0n) is 16.0. The standard InChI is InChI=1S/C21H21N7O/c1-27-8-2-3-18(27)17-12-28-13-19(22-11-20(28)25-17)26-21(29)15-6-4-14(5-7-15)16-9-23-24-10-16/h4-7,9-13,18H,2-3,8H2,1H3,(H,23,24)(H,26,29)/t18-/m1/s1. The Morgan fingerprint density at radius 2 is 2.03 bits per heavy atom. The topological polar surface area (TPSA) is 91.2 Å². The van der Waals surface area contributed by atoms with Crippen LogP contribution in [0.5, 0.6) is 0 Å². The molecule has 4 heterocycles. The lowest BCUT2D eigenvalue weighted by molar-refractivity contribution is 0.102. The van der Waals surface area contributed by atoms with Crippen molar-refractivity contribution in [2.24, 2.45) is 0 Å². The van der Waals surface area contributed by atoms with Crippen molar-refractivity contribution < 1.29 is 4.79 Å². The summed E-state index contributed by atoms with van der Waals surface area (Å²) < 4.78 is 1.92. The van der Waals surface area contributed by atoms with Gasteiger partial charge in [0.05, 0.1) is 30.3 Å². The first-order chi connectivity index (χ1) is 14.2. The van der Waals surface area contributed by atoms with E-state index in [1.54, 1.807) is 30.7 Å². The Balaban J connectivity index is 1.33. The van der Waals surface area contributed by atoms with E-state index in [0.29, 0.717) is 17.4 Å². The van der Waals surface area contributed by atoms with Crippen LogP contribution in [-0.2, 0) is 0 Å². The van der Waals surface area contributed by atoms with Gasteiger partial charge in [0.2, 0.25) is 0 Å². The van der Waals surface area contributed by atoms with Crippen molar-refractivity contribution in [2.45, 2.75) is 18.9 Å². The van der Waals surface area contributed by atoms with Gasteiger partial charge in [-0.25, -0.2) is 9.97 Å². The van der Waals surface area contributed by atoms with E-state index in [-0.39, 0.29) is 5.91 Å². The maximum absolute atomic E-state index is 12.6. The summed E-state index contributed by atoms with van der Waals surface area (Å²) in [5, 5.41) is 9.60. The van der Waals surface area contributed by atoms with Gasteiger partial charge in [-0.1, -0.05) is 12.1 Å². The number of hydrogen-bond acceptors (Lipinski definition) is 5. The summed E-state index contributed by atoms with van der Waals surface area (Å²) in [5.74, 6) is 0.289. The van der Waals surface area contributed by atoms with Crippen LogP contribution in [0.3, 0.4) is 0 Å². The second-order valence-corrected chi connectivity index (χ2v) is 7.36. The second-order valence-electron chi connectivity index (χ2n) is 7.36. The van der Waals surface area contributed by atoms with Gasteiger partial charge in [0.15, 0.2) is 5.65 Å². The lowest BCUT2D eigenvalue weighted by Crippen LogP contribution is -2.17. The van der Waals surface area contributed by atoms with E-state index in [4.69, 9.17) is 4.98 Å². The van der Waals surface area contributed by atoms with E-state index >= 15 is 0 Å². The number of anilines is 1. The average molecular weight is 387 g/mol. The maximum atomic E-state index is 12.6. The molecule has 0 radical (unpaired) electrons. The lowest BCUT2D eigenvalue weighted by Gasteiger charge is -2.16. The molecule has 8 nitrogen and oxygen atoms in total. The highest BCUT2D eigenvalue weighted by Gasteiger charge is 2.25. The first kappa shape index (κ1) is 17.6. The van der Waals surface area contributed by atoms with Crippen molar-refractivity contribution in [3.05, 3.63) is 66.5 Å². The third-order valence-corrected chi connectivity index (χ3v) is 5.44. The molecule has 2 N–H and O–H groups in total. The SMILES string of the molecule is CN1CCC[C@@H]1c1cn2cc(NC(=O)c3ccc(-c4cn[nH]c4)cc3)ncc2n1. The van der Waals surface area contributed by atoms with E-state index in [1.807, 2.05) is 28.9 Å². The van der Waals surface area contributed by atoms with Gasteiger partial charge in [0.1, 0.15) is 5.82 Å². The number of rotatable bonds is 4. The molecule has 1 fully saturated rings. The molecule has 1 amide bonds. The van der Waals surface area contributed by atoms with Gasteiger partial charge in [0.25, 0.3) is 5.91 Å². The number of carbonyl (C=O) groups excluding carboxylic acids is 1. The highest BCUT2D eigenvalue weighted by atomic mass is 16.1. The van der Waals surface area contributed by atoms with Crippen LogP contribution in [0.15, 0.2) is 55.2 Å². The summed E-state index contributed by atoms with van der Waals surface area (Å²) in [6, 6.07) is 7.73. The second kappa shape index (κ2) is 7.14. The molecule has 1 aliphatic heterocycles. The van der Waals surface area contributed by atoms with Crippen LogP contribution in [-0.4, -0.2) is 49.0 Å². The third kappa shape index (κ3) is 3.38. The molecule has 1 aliphatic rings. The van der Waals surface area contributed by atoms with Crippen LogP contribution in [0.1, 0.15) is 34.9 Å².